The Balaban J connectivity index is 1.90. The van der Waals surface area contributed by atoms with E-state index in [0.29, 0.717) is 6.79 Å². The standard InChI is InChI=1S/C19H18N2O2/c1-19(2)9-21(3)14-8-20-18-12(17(14)19)5-4-11-6-15-16(7-13(11)18)23-10-22-15/h4-8H,9-10H2,1-3H3. The van der Waals surface area contributed by atoms with Crippen molar-refractivity contribution in [2.24, 2.45) is 0 Å². The zero-order chi connectivity index (χ0) is 15.8. The van der Waals surface area contributed by atoms with Crippen molar-refractivity contribution in [1.29, 1.82) is 0 Å². The minimum atomic E-state index is 0.120. The monoisotopic (exact) mass is 306 g/mol. The second-order valence-electron chi connectivity index (χ2n) is 7.15. The predicted molar refractivity (Wildman–Crippen MR) is 91.7 cm³/mol. The molecule has 0 bridgehead atoms. The third-order valence-corrected chi connectivity index (χ3v) is 5.05. The van der Waals surface area contributed by atoms with E-state index in [1.54, 1.807) is 0 Å². The molecule has 116 valence electrons. The lowest BCUT2D eigenvalue weighted by Gasteiger charge is -2.20. The number of aromatic nitrogens is 1. The number of anilines is 1. The SMILES string of the molecule is CN1CC(C)(C)c2c1cnc1c2ccc2cc3c(cc21)OCO3. The third-order valence-electron chi connectivity index (χ3n) is 5.05. The second-order valence-corrected chi connectivity index (χ2v) is 7.15. The molecule has 23 heavy (non-hydrogen) atoms. The summed E-state index contributed by atoms with van der Waals surface area (Å²) in [6.07, 6.45) is 2.01. The molecule has 3 heterocycles. The summed E-state index contributed by atoms with van der Waals surface area (Å²) in [6, 6.07) is 8.47. The Morgan fingerprint density at radius 3 is 2.70 bits per heavy atom. The van der Waals surface area contributed by atoms with Crippen LogP contribution >= 0.6 is 0 Å². The van der Waals surface area contributed by atoms with Crippen LogP contribution in [0, 0.1) is 0 Å². The number of hydrogen-bond acceptors (Lipinski definition) is 4. The average Bonchev–Trinajstić information content (AvgIpc) is 3.06. The normalized spacial score (nSPS) is 18.0. The van der Waals surface area contributed by atoms with Crippen molar-refractivity contribution < 1.29 is 9.47 Å². The van der Waals surface area contributed by atoms with E-state index in [1.807, 2.05) is 12.3 Å². The van der Waals surface area contributed by atoms with Gasteiger partial charge in [-0.2, -0.15) is 0 Å². The highest BCUT2D eigenvalue weighted by atomic mass is 16.7. The Morgan fingerprint density at radius 2 is 1.87 bits per heavy atom. The van der Waals surface area contributed by atoms with E-state index in [9.17, 15) is 0 Å². The van der Waals surface area contributed by atoms with E-state index < -0.39 is 0 Å². The van der Waals surface area contributed by atoms with Crippen LogP contribution in [0.5, 0.6) is 11.5 Å². The number of fused-ring (bicyclic) bond motifs is 6. The molecule has 0 saturated heterocycles. The molecule has 0 aliphatic carbocycles. The van der Waals surface area contributed by atoms with Crippen LogP contribution in [0.4, 0.5) is 5.69 Å². The molecule has 1 aromatic heterocycles. The highest BCUT2D eigenvalue weighted by Gasteiger charge is 2.35. The maximum atomic E-state index is 5.55. The van der Waals surface area contributed by atoms with Crippen molar-refractivity contribution in [3.8, 4) is 11.5 Å². The van der Waals surface area contributed by atoms with Gasteiger partial charge in [-0.15, -0.1) is 0 Å². The van der Waals surface area contributed by atoms with Gasteiger partial charge in [-0.05, 0) is 23.1 Å². The van der Waals surface area contributed by atoms with Crippen molar-refractivity contribution in [1.82, 2.24) is 4.98 Å². The first-order valence-corrected chi connectivity index (χ1v) is 7.91. The van der Waals surface area contributed by atoms with Gasteiger partial charge in [0.2, 0.25) is 6.79 Å². The summed E-state index contributed by atoms with van der Waals surface area (Å²) < 4.78 is 11.0. The van der Waals surface area contributed by atoms with Gasteiger partial charge in [0.05, 0.1) is 17.4 Å². The molecular formula is C19H18N2O2. The van der Waals surface area contributed by atoms with Gasteiger partial charge in [0.15, 0.2) is 11.5 Å². The minimum absolute atomic E-state index is 0.120. The average molecular weight is 306 g/mol. The zero-order valence-electron chi connectivity index (χ0n) is 13.5. The predicted octanol–water partition coefficient (Wildman–Crippen LogP) is 3.84. The molecule has 4 nitrogen and oxygen atoms in total. The van der Waals surface area contributed by atoms with Crippen LogP contribution in [0.15, 0.2) is 30.5 Å². The van der Waals surface area contributed by atoms with Gasteiger partial charge in [0.1, 0.15) is 0 Å². The Hall–Kier alpha value is -2.49. The molecule has 0 amide bonds. The Bertz CT molecular complexity index is 978. The molecule has 0 fully saturated rings. The maximum absolute atomic E-state index is 5.55. The zero-order valence-corrected chi connectivity index (χ0v) is 13.5. The summed E-state index contributed by atoms with van der Waals surface area (Å²) in [5.74, 6) is 1.63. The molecule has 5 rings (SSSR count). The van der Waals surface area contributed by atoms with E-state index in [2.05, 4.69) is 44.0 Å². The van der Waals surface area contributed by atoms with E-state index in [0.717, 1.165) is 34.3 Å². The fraction of sp³-hybridized carbons (Fsp3) is 0.316. The van der Waals surface area contributed by atoms with Crippen molar-refractivity contribution in [3.63, 3.8) is 0 Å². The molecule has 2 aromatic carbocycles. The largest absolute Gasteiger partial charge is 0.454 e. The lowest BCUT2D eigenvalue weighted by atomic mass is 9.84. The van der Waals surface area contributed by atoms with Crippen molar-refractivity contribution in [2.45, 2.75) is 19.3 Å². The van der Waals surface area contributed by atoms with Gasteiger partial charge >= 0.3 is 0 Å². The summed E-state index contributed by atoms with van der Waals surface area (Å²) in [4.78, 5) is 7.08. The van der Waals surface area contributed by atoms with Crippen LogP contribution in [-0.2, 0) is 5.41 Å². The molecule has 0 spiro atoms. The van der Waals surface area contributed by atoms with Crippen LogP contribution in [0.3, 0.4) is 0 Å². The van der Waals surface area contributed by atoms with Crippen molar-refractivity contribution >= 4 is 27.4 Å². The lowest BCUT2D eigenvalue weighted by Crippen LogP contribution is -2.25. The summed E-state index contributed by atoms with van der Waals surface area (Å²) >= 11 is 0. The number of likely N-dealkylation sites (N-methyl/N-ethyl adjacent to an activating group) is 1. The van der Waals surface area contributed by atoms with Gasteiger partial charge in [0, 0.05) is 29.8 Å². The quantitative estimate of drug-likeness (QED) is 0.591. The first kappa shape index (κ1) is 13.0. The molecule has 0 radical (unpaired) electrons. The molecule has 4 heteroatoms. The Kier molecular flexibility index (Phi) is 2.30. The van der Waals surface area contributed by atoms with E-state index >= 15 is 0 Å². The molecule has 2 aliphatic heterocycles. The van der Waals surface area contributed by atoms with E-state index in [-0.39, 0.29) is 5.41 Å². The highest BCUT2D eigenvalue weighted by molar-refractivity contribution is 6.09. The Morgan fingerprint density at radius 1 is 1.09 bits per heavy atom. The number of ether oxygens (including phenoxy) is 2. The van der Waals surface area contributed by atoms with Crippen LogP contribution in [0.25, 0.3) is 21.7 Å². The highest BCUT2D eigenvalue weighted by Crippen LogP contribution is 2.45. The minimum Gasteiger partial charge on any atom is -0.454 e. The van der Waals surface area contributed by atoms with Crippen LogP contribution in [-0.4, -0.2) is 25.4 Å². The number of benzene rings is 2. The number of hydrogen-bond donors (Lipinski definition) is 0. The number of pyridine rings is 1. The third kappa shape index (κ3) is 1.63. The van der Waals surface area contributed by atoms with Crippen molar-refractivity contribution in [2.75, 3.05) is 25.3 Å². The van der Waals surface area contributed by atoms with Crippen LogP contribution in [0.2, 0.25) is 0 Å². The molecule has 0 N–H and O–H groups in total. The fourth-order valence-corrected chi connectivity index (χ4v) is 4.12. The molecular weight excluding hydrogens is 288 g/mol. The van der Waals surface area contributed by atoms with Gasteiger partial charge in [-0.25, -0.2) is 0 Å². The molecule has 0 saturated carbocycles. The summed E-state index contributed by atoms with van der Waals surface area (Å²) in [5.41, 5.74) is 3.80. The lowest BCUT2D eigenvalue weighted by molar-refractivity contribution is 0.174. The topological polar surface area (TPSA) is 34.6 Å². The van der Waals surface area contributed by atoms with Gasteiger partial charge in [-0.1, -0.05) is 26.0 Å². The smallest absolute Gasteiger partial charge is 0.231 e. The van der Waals surface area contributed by atoms with E-state index in [4.69, 9.17) is 14.5 Å². The summed E-state index contributed by atoms with van der Waals surface area (Å²) in [7, 11) is 2.14. The van der Waals surface area contributed by atoms with E-state index in [1.165, 1.54) is 16.6 Å². The molecule has 0 unspecified atom stereocenters. The van der Waals surface area contributed by atoms with Crippen molar-refractivity contribution in [3.05, 3.63) is 36.0 Å². The van der Waals surface area contributed by atoms with Crippen LogP contribution < -0.4 is 14.4 Å². The van der Waals surface area contributed by atoms with Gasteiger partial charge in [-0.3, -0.25) is 4.98 Å². The molecule has 2 aliphatic rings. The summed E-state index contributed by atoms with van der Waals surface area (Å²) in [6.45, 7) is 5.92. The fourth-order valence-electron chi connectivity index (χ4n) is 4.12. The first-order valence-electron chi connectivity index (χ1n) is 7.91. The van der Waals surface area contributed by atoms with Gasteiger partial charge in [0.25, 0.3) is 0 Å². The number of rotatable bonds is 0. The second kappa shape index (κ2) is 4.07. The molecule has 3 aromatic rings. The summed E-state index contributed by atoms with van der Waals surface area (Å²) in [5, 5.41) is 3.50. The van der Waals surface area contributed by atoms with Gasteiger partial charge < -0.3 is 14.4 Å². The van der Waals surface area contributed by atoms with Crippen LogP contribution in [0.1, 0.15) is 19.4 Å². The Labute approximate surface area is 134 Å². The maximum Gasteiger partial charge on any atom is 0.231 e. The number of nitrogens with zero attached hydrogens (tertiary/aromatic N) is 2. The first-order chi connectivity index (χ1) is 11.0. The molecule has 0 atom stereocenters.